The lowest BCUT2D eigenvalue weighted by molar-refractivity contribution is -0.118. The molecule has 2 saturated carbocycles. The Bertz CT molecular complexity index is 153. The first-order chi connectivity index (χ1) is 4.12. The molecule has 0 spiro atoms. The van der Waals surface area contributed by atoms with Crippen LogP contribution in [0.3, 0.4) is 0 Å². The van der Waals surface area contributed by atoms with Gasteiger partial charge >= 0.3 is 0 Å². The molecular formula is C8H12O. The molecule has 2 atom stereocenters. The standard InChI is InChI=1S/C8H12O/c1-8(2)6-3-5(9)4-7(6)8/h6-7H,3-4H2,1-2H3. The zero-order valence-corrected chi connectivity index (χ0v) is 5.98. The van der Waals surface area contributed by atoms with E-state index < -0.39 is 0 Å². The van der Waals surface area contributed by atoms with Gasteiger partial charge in [-0.15, -0.1) is 0 Å². The van der Waals surface area contributed by atoms with Gasteiger partial charge in [-0.2, -0.15) is 0 Å². The Balaban J connectivity index is 2.14. The van der Waals surface area contributed by atoms with E-state index in [9.17, 15) is 4.79 Å². The van der Waals surface area contributed by atoms with Crippen LogP contribution in [0.25, 0.3) is 0 Å². The molecule has 2 fully saturated rings. The quantitative estimate of drug-likeness (QED) is 0.479. The van der Waals surface area contributed by atoms with Gasteiger partial charge in [0.25, 0.3) is 0 Å². The van der Waals surface area contributed by atoms with Gasteiger partial charge in [0, 0.05) is 12.8 Å². The summed E-state index contributed by atoms with van der Waals surface area (Å²) >= 11 is 0. The molecule has 0 aliphatic heterocycles. The second kappa shape index (κ2) is 1.23. The van der Waals surface area contributed by atoms with Gasteiger partial charge in [0.15, 0.2) is 0 Å². The molecule has 2 rings (SSSR count). The third-order valence-electron chi connectivity index (χ3n) is 3.18. The van der Waals surface area contributed by atoms with E-state index in [1.54, 1.807) is 0 Å². The largest absolute Gasteiger partial charge is 0.300 e. The van der Waals surface area contributed by atoms with Gasteiger partial charge in [-0.1, -0.05) is 13.8 Å². The van der Waals surface area contributed by atoms with Crippen molar-refractivity contribution in [2.75, 3.05) is 0 Å². The molecule has 0 heterocycles. The van der Waals surface area contributed by atoms with Crippen molar-refractivity contribution in [1.82, 2.24) is 0 Å². The third-order valence-corrected chi connectivity index (χ3v) is 3.18. The SMILES string of the molecule is CC1(C)C2CC(=O)CC21. The lowest BCUT2D eigenvalue weighted by Crippen LogP contribution is -2.03. The second-order valence-corrected chi connectivity index (χ2v) is 3.98. The fourth-order valence-electron chi connectivity index (χ4n) is 2.24. The lowest BCUT2D eigenvalue weighted by atomic mass is 10.0. The van der Waals surface area contributed by atoms with Gasteiger partial charge in [0.1, 0.15) is 5.78 Å². The van der Waals surface area contributed by atoms with Crippen molar-refractivity contribution in [2.24, 2.45) is 17.3 Å². The molecule has 0 N–H and O–H groups in total. The Labute approximate surface area is 55.4 Å². The van der Waals surface area contributed by atoms with Gasteiger partial charge in [0.05, 0.1) is 0 Å². The van der Waals surface area contributed by atoms with E-state index in [-0.39, 0.29) is 0 Å². The molecule has 0 aromatic heterocycles. The van der Waals surface area contributed by atoms with Gasteiger partial charge in [-0.3, -0.25) is 4.79 Å². The van der Waals surface area contributed by atoms with Crippen molar-refractivity contribution in [2.45, 2.75) is 26.7 Å². The Morgan fingerprint density at radius 1 is 1.33 bits per heavy atom. The van der Waals surface area contributed by atoms with Crippen molar-refractivity contribution < 1.29 is 4.79 Å². The topological polar surface area (TPSA) is 17.1 Å². The van der Waals surface area contributed by atoms with Crippen LogP contribution in [0.5, 0.6) is 0 Å². The fraction of sp³-hybridized carbons (Fsp3) is 0.875. The molecular weight excluding hydrogens is 112 g/mol. The van der Waals surface area contributed by atoms with Gasteiger partial charge in [-0.05, 0) is 17.3 Å². The number of hydrogen-bond acceptors (Lipinski definition) is 1. The van der Waals surface area contributed by atoms with E-state index in [1.807, 2.05) is 0 Å². The van der Waals surface area contributed by atoms with E-state index >= 15 is 0 Å². The van der Waals surface area contributed by atoms with E-state index in [2.05, 4.69) is 13.8 Å². The van der Waals surface area contributed by atoms with E-state index in [0.29, 0.717) is 11.2 Å². The van der Waals surface area contributed by atoms with Crippen LogP contribution >= 0.6 is 0 Å². The summed E-state index contributed by atoms with van der Waals surface area (Å²) in [6.07, 6.45) is 1.75. The summed E-state index contributed by atoms with van der Waals surface area (Å²) in [4.78, 5) is 10.8. The highest BCUT2D eigenvalue weighted by Gasteiger charge is 2.61. The zero-order valence-electron chi connectivity index (χ0n) is 5.98. The maximum Gasteiger partial charge on any atom is 0.133 e. The number of rotatable bonds is 0. The summed E-state index contributed by atoms with van der Waals surface area (Å²) in [6, 6.07) is 0. The van der Waals surface area contributed by atoms with Crippen molar-refractivity contribution in [3.63, 3.8) is 0 Å². The zero-order chi connectivity index (χ0) is 6.65. The first kappa shape index (κ1) is 5.45. The van der Waals surface area contributed by atoms with Crippen LogP contribution in [0.15, 0.2) is 0 Å². The Hall–Kier alpha value is -0.330. The molecule has 50 valence electrons. The van der Waals surface area contributed by atoms with Crippen LogP contribution in [-0.4, -0.2) is 5.78 Å². The summed E-state index contributed by atoms with van der Waals surface area (Å²) in [7, 11) is 0. The maximum atomic E-state index is 10.8. The molecule has 2 unspecified atom stereocenters. The molecule has 0 radical (unpaired) electrons. The number of ketones is 1. The average molecular weight is 124 g/mol. The van der Waals surface area contributed by atoms with Gasteiger partial charge in [0.2, 0.25) is 0 Å². The summed E-state index contributed by atoms with van der Waals surface area (Å²) in [5, 5.41) is 0. The van der Waals surface area contributed by atoms with Crippen molar-refractivity contribution >= 4 is 5.78 Å². The Morgan fingerprint density at radius 3 is 2.11 bits per heavy atom. The molecule has 0 aromatic rings. The number of Topliss-reactive ketones (excluding diaryl/α,β-unsaturated/α-hetero) is 1. The second-order valence-electron chi connectivity index (χ2n) is 3.98. The monoisotopic (exact) mass is 124 g/mol. The lowest BCUT2D eigenvalue weighted by Gasteiger charge is -2.04. The van der Waals surface area contributed by atoms with E-state index in [0.717, 1.165) is 24.7 Å². The maximum absolute atomic E-state index is 10.8. The molecule has 0 aromatic carbocycles. The van der Waals surface area contributed by atoms with Crippen molar-refractivity contribution in [3.8, 4) is 0 Å². The fourth-order valence-corrected chi connectivity index (χ4v) is 2.24. The minimum atomic E-state index is 0.490. The smallest absolute Gasteiger partial charge is 0.133 e. The average Bonchev–Trinajstić information content (AvgIpc) is 2.27. The van der Waals surface area contributed by atoms with Gasteiger partial charge < -0.3 is 0 Å². The van der Waals surface area contributed by atoms with Crippen molar-refractivity contribution in [1.29, 1.82) is 0 Å². The Kier molecular flexibility index (Phi) is 0.744. The molecule has 1 nitrogen and oxygen atoms in total. The summed E-state index contributed by atoms with van der Waals surface area (Å²) in [5.74, 6) is 2.00. The highest BCUT2D eigenvalue weighted by molar-refractivity contribution is 5.83. The third kappa shape index (κ3) is 0.525. The number of carbonyl (C=O) groups excluding carboxylic acids is 1. The number of hydrogen-bond donors (Lipinski definition) is 0. The molecule has 0 bridgehead atoms. The molecule has 2 aliphatic rings. The highest BCUT2D eigenvalue weighted by atomic mass is 16.1. The summed E-state index contributed by atoms with van der Waals surface area (Å²) in [6.45, 7) is 4.55. The van der Waals surface area contributed by atoms with Crippen molar-refractivity contribution in [3.05, 3.63) is 0 Å². The summed E-state index contributed by atoms with van der Waals surface area (Å²) < 4.78 is 0. The Morgan fingerprint density at radius 2 is 1.78 bits per heavy atom. The number of fused-ring (bicyclic) bond motifs is 1. The van der Waals surface area contributed by atoms with Crippen LogP contribution < -0.4 is 0 Å². The molecule has 9 heavy (non-hydrogen) atoms. The molecule has 0 saturated heterocycles. The first-order valence-corrected chi connectivity index (χ1v) is 3.64. The number of carbonyl (C=O) groups is 1. The first-order valence-electron chi connectivity index (χ1n) is 3.64. The molecule has 2 aliphatic carbocycles. The predicted octanol–water partition coefficient (Wildman–Crippen LogP) is 1.62. The predicted molar refractivity (Wildman–Crippen MR) is 35.0 cm³/mol. The van der Waals surface area contributed by atoms with Crippen LogP contribution in [0.1, 0.15) is 26.7 Å². The van der Waals surface area contributed by atoms with Crippen LogP contribution in [0, 0.1) is 17.3 Å². The van der Waals surface area contributed by atoms with Crippen LogP contribution in [0.2, 0.25) is 0 Å². The highest BCUT2D eigenvalue weighted by Crippen LogP contribution is 2.65. The molecule has 1 heteroatoms. The molecule has 0 amide bonds. The van der Waals surface area contributed by atoms with E-state index in [4.69, 9.17) is 0 Å². The van der Waals surface area contributed by atoms with E-state index in [1.165, 1.54) is 0 Å². The van der Waals surface area contributed by atoms with Gasteiger partial charge in [-0.25, -0.2) is 0 Å². The van der Waals surface area contributed by atoms with Crippen LogP contribution in [-0.2, 0) is 4.79 Å². The minimum absolute atomic E-state index is 0.490. The van der Waals surface area contributed by atoms with Crippen LogP contribution in [0.4, 0.5) is 0 Å². The normalized spacial score (nSPS) is 44.9. The minimum Gasteiger partial charge on any atom is -0.300 e. The summed E-state index contributed by atoms with van der Waals surface area (Å²) in [5.41, 5.74) is 0.522.